The van der Waals surface area contributed by atoms with Gasteiger partial charge in [0.15, 0.2) is 18.6 Å². The maximum absolute atomic E-state index is 13.7. The molecule has 1 aromatic carbocycles. The predicted octanol–water partition coefficient (Wildman–Crippen LogP) is 5.04. The Balaban J connectivity index is 2.28. The van der Waals surface area contributed by atoms with E-state index in [-0.39, 0.29) is 0 Å². The first-order valence-electron chi connectivity index (χ1n) is 8.91. The lowest BCUT2D eigenvalue weighted by Gasteiger charge is -2.34. The number of ether oxygens (including phenoxy) is 1. The SMILES string of the molecule is CC(=O)OCN1C2N=C(C(F)(F)F)N=C(C(F)(F)F)C2=C(N)N1c1c(Cl)cc(C(F)(F)F)cc1Cl. The smallest absolute Gasteiger partial charge is 0.448 e. The van der Waals surface area contributed by atoms with Crippen LogP contribution in [0.2, 0.25) is 10.0 Å². The lowest BCUT2D eigenvalue weighted by Crippen LogP contribution is -2.48. The number of nitrogens with two attached hydrogens (primary N) is 1. The van der Waals surface area contributed by atoms with Crippen molar-refractivity contribution >= 4 is 46.4 Å². The Labute approximate surface area is 199 Å². The molecule has 18 heteroatoms. The molecule has 35 heavy (non-hydrogen) atoms. The van der Waals surface area contributed by atoms with Gasteiger partial charge in [-0.25, -0.2) is 9.98 Å². The van der Waals surface area contributed by atoms with Gasteiger partial charge in [-0.05, 0) is 12.1 Å². The molecule has 1 atom stereocenters. The average molecular weight is 558 g/mol. The van der Waals surface area contributed by atoms with Crippen molar-refractivity contribution in [2.75, 3.05) is 11.7 Å². The third-order valence-corrected chi connectivity index (χ3v) is 5.07. The van der Waals surface area contributed by atoms with Gasteiger partial charge in [-0.15, -0.1) is 5.01 Å². The van der Waals surface area contributed by atoms with Gasteiger partial charge in [-0.2, -0.15) is 39.5 Å². The molecule has 3 rings (SSSR count). The molecule has 192 valence electrons. The highest BCUT2D eigenvalue weighted by Gasteiger charge is 2.54. The number of esters is 1. The predicted molar refractivity (Wildman–Crippen MR) is 104 cm³/mol. The molecule has 0 fully saturated rings. The van der Waals surface area contributed by atoms with E-state index in [4.69, 9.17) is 33.7 Å². The number of nitrogens with zero attached hydrogens (tertiary/aromatic N) is 4. The van der Waals surface area contributed by atoms with Crippen LogP contribution in [0.3, 0.4) is 0 Å². The van der Waals surface area contributed by atoms with Gasteiger partial charge in [0.25, 0.3) is 0 Å². The molecule has 7 nitrogen and oxygen atoms in total. The molecule has 0 radical (unpaired) electrons. The van der Waals surface area contributed by atoms with E-state index in [9.17, 15) is 44.3 Å². The zero-order valence-corrected chi connectivity index (χ0v) is 18.3. The van der Waals surface area contributed by atoms with Crippen LogP contribution < -0.4 is 10.7 Å². The van der Waals surface area contributed by atoms with E-state index in [0.29, 0.717) is 22.2 Å². The Kier molecular flexibility index (Phi) is 6.71. The standard InChI is InChI=1S/C17H10Cl2F9N5O2/c1-5(34)35-4-32-13-9(11(16(23,24)25)30-14(31-13)17(26,27)28)12(29)33(32)10-7(18)2-6(3-8(10)19)15(20,21)22/h2-3,13H,4,29H2,1H3. The molecule has 0 saturated carbocycles. The normalized spacial score (nSPS) is 19.5. The van der Waals surface area contributed by atoms with E-state index in [1.807, 2.05) is 0 Å². The van der Waals surface area contributed by atoms with Gasteiger partial charge in [-0.3, -0.25) is 9.80 Å². The minimum Gasteiger partial charge on any atom is -0.448 e. The summed E-state index contributed by atoms with van der Waals surface area (Å²) in [5, 5.41) is -0.591. The Bertz CT molecular complexity index is 1140. The number of fused-ring (bicyclic) bond motifs is 1. The van der Waals surface area contributed by atoms with Crippen LogP contribution in [0.5, 0.6) is 0 Å². The maximum Gasteiger partial charge on any atom is 0.451 e. The molecule has 0 amide bonds. The molecule has 1 unspecified atom stereocenters. The lowest BCUT2D eigenvalue weighted by molar-refractivity contribution is -0.146. The fourth-order valence-corrected chi connectivity index (χ4v) is 3.79. The van der Waals surface area contributed by atoms with Crippen molar-refractivity contribution in [1.29, 1.82) is 0 Å². The summed E-state index contributed by atoms with van der Waals surface area (Å²) < 4.78 is 125. The first-order chi connectivity index (χ1) is 15.8. The summed E-state index contributed by atoms with van der Waals surface area (Å²) in [6.07, 6.45) is -18.0. The lowest BCUT2D eigenvalue weighted by atomic mass is 10.1. The number of amidine groups is 1. The van der Waals surface area contributed by atoms with Crippen molar-refractivity contribution in [3.63, 3.8) is 0 Å². The molecule has 0 aromatic heterocycles. The minimum atomic E-state index is -5.47. The number of aliphatic imine (C=N–C) groups is 2. The number of hydrogen-bond acceptors (Lipinski definition) is 7. The summed E-state index contributed by atoms with van der Waals surface area (Å²) in [6.45, 7) is -0.165. The van der Waals surface area contributed by atoms with E-state index in [0.717, 1.165) is 6.92 Å². The number of carbonyl (C=O) groups is 1. The van der Waals surface area contributed by atoms with Crippen molar-refractivity contribution in [2.45, 2.75) is 31.6 Å². The number of alkyl halides is 9. The number of carbonyl (C=O) groups excluding carboxylic acids is 1. The van der Waals surface area contributed by atoms with E-state index >= 15 is 0 Å². The summed E-state index contributed by atoms with van der Waals surface area (Å²) in [5.41, 5.74) is 0.679. The topological polar surface area (TPSA) is 83.5 Å². The van der Waals surface area contributed by atoms with Gasteiger partial charge in [0.2, 0.25) is 5.84 Å². The average Bonchev–Trinajstić information content (AvgIpc) is 2.95. The zero-order valence-electron chi connectivity index (χ0n) is 16.8. The molecule has 2 N–H and O–H groups in total. The highest BCUT2D eigenvalue weighted by Crippen LogP contribution is 2.46. The van der Waals surface area contributed by atoms with Crippen LogP contribution in [0.4, 0.5) is 45.2 Å². The Hall–Kier alpha value is -2.72. The van der Waals surface area contributed by atoms with Crippen LogP contribution in [0.15, 0.2) is 33.5 Å². The van der Waals surface area contributed by atoms with Crippen molar-refractivity contribution in [1.82, 2.24) is 5.01 Å². The summed E-state index contributed by atoms with van der Waals surface area (Å²) in [7, 11) is 0. The van der Waals surface area contributed by atoms with Crippen molar-refractivity contribution < 1.29 is 49.0 Å². The largest absolute Gasteiger partial charge is 0.451 e. The van der Waals surface area contributed by atoms with E-state index in [1.165, 1.54) is 0 Å². The van der Waals surface area contributed by atoms with Crippen LogP contribution >= 0.6 is 23.2 Å². The number of rotatable bonds is 3. The highest BCUT2D eigenvalue weighted by molar-refractivity contribution is 6.39. The van der Waals surface area contributed by atoms with Crippen molar-refractivity contribution in [2.24, 2.45) is 15.7 Å². The molecule has 2 aliphatic rings. The first-order valence-corrected chi connectivity index (χ1v) is 9.66. The minimum absolute atomic E-state index is 0.371. The third kappa shape index (κ3) is 5.13. The molecular weight excluding hydrogens is 548 g/mol. The van der Waals surface area contributed by atoms with Gasteiger partial charge >= 0.3 is 24.5 Å². The van der Waals surface area contributed by atoms with Gasteiger partial charge in [-0.1, -0.05) is 23.2 Å². The van der Waals surface area contributed by atoms with Crippen LogP contribution in [0.1, 0.15) is 12.5 Å². The second-order valence-corrected chi connectivity index (χ2v) is 7.70. The van der Waals surface area contributed by atoms with E-state index in [1.54, 1.807) is 0 Å². The molecular formula is C17H10Cl2F9N5O2. The number of benzene rings is 1. The molecule has 0 bridgehead atoms. The monoisotopic (exact) mass is 557 g/mol. The molecule has 1 aromatic rings. The van der Waals surface area contributed by atoms with Crippen LogP contribution in [-0.2, 0) is 15.7 Å². The van der Waals surface area contributed by atoms with Crippen LogP contribution in [0.25, 0.3) is 0 Å². The zero-order chi connectivity index (χ0) is 26.7. The van der Waals surface area contributed by atoms with Gasteiger partial charge in [0, 0.05) is 6.92 Å². The maximum atomic E-state index is 13.7. The van der Waals surface area contributed by atoms with Crippen LogP contribution in [-0.4, -0.2) is 47.8 Å². The Morgan fingerprint density at radius 2 is 1.57 bits per heavy atom. The van der Waals surface area contributed by atoms with E-state index in [2.05, 4.69) is 9.98 Å². The molecule has 2 aliphatic heterocycles. The fraction of sp³-hybridized carbons (Fsp3) is 0.353. The number of halogens is 11. The van der Waals surface area contributed by atoms with Gasteiger partial charge in [0.05, 0.1) is 26.9 Å². The Morgan fingerprint density at radius 3 is 2.00 bits per heavy atom. The quantitative estimate of drug-likeness (QED) is 0.415. The van der Waals surface area contributed by atoms with E-state index < -0.39 is 81.6 Å². The summed E-state index contributed by atoms with van der Waals surface area (Å²) >= 11 is 11.9. The van der Waals surface area contributed by atoms with Crippen LogP contribution in [0, 0.1) is 0 Å². The fourth-order valence-electron chi connectivity index (χ4n) is 3.15. The second kappa shape index (κ2) is 8.74. The second-order valence-electron chi connectivity index (χ2n) is 6.88. The number of hydrazine groups is 1. The third-order valence-electron chi connectivity index (χ3n) is 4.50. The summed E-state index contributed by atoms with van der Waals surface area (Å²) in [6, 6.07) is 0.742. The Morgan fingerprint density at radius 1 is 1.03 bits per heavy atom. The van der Waals surface area contributed by atoms with Gasteiger partial charge < -0.3 is 10.5 Å². The summed E-state index contributed by atoms with van der Waals surface area (Å²) in [5.74, 6) is -4.15. The van der Waals surface area contributed by atoms with Gasteiger partial charge in [0.1, 0.15) is 5.82 Å². The summed E-state index contributed by atoms with van der Waals surface area (Å²) in [4.78, 5) is 17.1. The number of anilines is 1. The molecule has 0 spiro atoms. The number of hydrogen-bond donors (Lipinski definition) is 1. The molecule has 0 aliphatic carbocycles. The highest BCUT2D eigenvalue weighted by atomic mass is 35.5. The molecule has 0 saturated heterocycles. The van der Waals surface area contributed by atoms with Crippen molar-refractivity contribution in [3.05, 3.63) is 39.1 Å². The first kappa shape index (κ1) is 26.9. The molecule has 2 heterocycles. The van der Waals surface area contributed by atoms with Crippen molar-refractivity contribution in [3.8, 4) is 0 Å².